The van der Waals surface area contributed by atoms with Gasteiger partial charge in [0, 0.05) is 19.4 Å². The van der Waals surface area contributed by atoms with Crippen molar-refractivity contribution in [2.24, 2.45) is 11.8 Å². The fourth-order valence-corrected chi connectivity index (χ4v) is 4.52. The van der Waals surface area contributed by atoms with Gasteiger partial charge in [-0.15, -0.1) is 0 Å². The summed E-state index contributed by atoms with van der Waals surface area (Å²) in [5.41, 5.74) is 0.836. The number of carbonyl (C=O) groups is 4. The van der Waals surface area contributed by atoms with Gasteiger partial charge in [0.1, 0.15) is 12.1 Å². The van der Waals surface area contributed by atoms with Gasteiger partial charge >= 0.3 is 0 Å². The zero-order valence-corrected chi connectivity index (χ0v) is 20.9. The van der Waals surface area contributed by atoms with Gasteiger partial charge in [0.05, 0.1) is 0 Å². The average molecular weight is 472 g/mol. The van der Waals surface area contributed by atoms with Gasteiger partial charge in [0.15, 0.2) is 0 Å². The van der Waals surface area contributed by atoms with Crippen LogP contribution in [-0.4, -0.2) is 42.1 Å². The minimum atomic E-state index is -1.00. The number of benzene rings is 1. The van der Waals surface area contributed by atoms with E-state index < -0.39 is 29.7 Å². The van der Waals surface area contributed by atoms with Crippen molar-refractivity contribution in [3.8, 4) is 0 Å². The van der Waals surface area contributed by atoms with Crippen LogP contribution in [0.15, 0.2) is 30.3 Å². The minimum Gasteiger partial charge on any atom is -0.350 e. The Morgan fingerprint density at radius 1 is 0.941 bits per heavy atom. The second-order valence-corrected chi connectivity index (χ2v) is 9.77. The summed E-state index contributed by atoms with van der Waals surface area (Å²) in [5.74, 6) is -1.23. The Morgan fingerprint density at radius 3 is 2.24 bits per heavy atom. The molecule has 3 N–H and O–H groups in total. The summed E-state index contributed by atoms with van der Waals surface area (Å²) in [4.78, 5) is 50.9. The Hall–Kier alpha value is -2.70. The van der Waals surface area contributed by atoms with Gasteiger partial charge in [0.25, 0.3) is 5.91 Å². The molecule has 0 spiro atoms. The van der Waals surface area contributed by atoms with Crippen molar-refractivity contribution in [3.63, 3.8) is 0 Å². The molecule has 1 fully saturated rings. The maximum Gasteiger partial charge on any atom is 0.289 e. The molecule has 1 aromatic carbocycles. The molecule has 0 aliphatic heterocycles. The first kappa shape index (κ1) is 27.5. The van der Waals surface area contributed by atoms with Crippen LogP contribution in [0.4, 0.5) is 0 Å². The molecule has 2 rings (SSSR count). The van der Waals surface area contributed by atoms with E-state index >= 15 is 0 Å². The van der Waals surface area contributed by atoms with E-state index in [-0.39, 0.29) is 18.2 Å². The van der Waals surface area contributed by atoms with Crippen LogP contribution in [0.25, 0.3) is 0 Å². The van der Waals surface area contributed by atoms with Crippen molar-refractivity contribution < 1.29 is 19.2 Å². The second kappa shape index (κ2) is 14.5. The van der Waals surface area contributed by atoms with Crippen LogP contribution in [0.2, 0.25) is 0 Å². The lowest BCUT2D eigenvalue weighted by molar-refractivity contribution is -0.140. The summed E-state index contributed by atoms with van der Waals surface area (Å²) in [5, 5.41) is 8.16. The van der Waals surface area contributed by atoms with Crippen molar-refractivity contribution in [1.29, 1.82) is 0 Å². The van der Waals surface area contributed by atoms with Crippen molar-refractivity contribution in [2.75, 3.05) is 6.54 Å². The van der Waals surface area contributed by atoms with Gasteiger partial charge < -0.3 is 16.0 Å². The van der Waals surface area contributed by atoms with Crippen LogP contribution in [-0.2, 0) is 25.6 Å². The molecule has 2 unspecified atom stereocenters. The highest BCUT2D eigenvalue weighted by atomic mass is 16.2. The molecule has 3 amide bonds. The molecular weight excluding hydrogens is 430 g/mol. The Balaban J connectivity index is 2.05. The van der Waals surface area contributed by atoms with Crippen molar-refractivity contribution in [2.45, 2.75) is 90.6 Å². The number of likely N-dealkylation sites (N-methyl/N-ethyl adjacent to an activating group) is 1. The molecule has 7 heteroatoms. The maximum absolute atomic E-state index is 13.2. The number of hydrogen-bond acceptors (Lipinski definition) is 4. The predicted octanol–water partition coefficient (Wildman–Crippen LogP) is 3.31. The lowest BCUT2D eigenvalue weighted by Crippen LogP contribution is -2.54. The molecule has 1 aliphatic carbocycles. The Kier molecular flexibility index (Phi) is 11.8. The quantitative estimate of drug-likeness (QED) is 0.384. The molecule has 1 saturated carbocycles. The van der Waals surface area contributed by atoms with Crippen LogP contribution in [0.3, 0.4) is 0 Å². The Morgan fingerprint density at radius 2 is 1.62 bits per heavy atom. The molecule has 0 radical (unpaired) electrons. The molecule has 0 bridgehead atoms. The monoisotopic (exact) mass is 471 g/mol. The topological polar surface area (TPSA) is 104 Å². The lowest BCUT2D eigenvalue weighted by Gasteiger charge is -2.25. The van der Waals surface area contributed by atoms with Crippen LogP contribution < -0.4 is 16.0 Å². The van der Waals surface area contributed by atoms with Crippen molar-refractivity contribution >= 4 is 23.5 Å². The van der Waals surface area contributed by atoms with Crippen LogP contribution >= 0.6 is 0 Å². The summed E-state index contributed by atoms with van der Waals surface area (Å²) in [6.45, 7) is 6.02. The normalized spacial score (nSPS) is 15.9. The number of carbonyl (C=O) groups excluding carboxylic acids is 4. The van der Waals surface area contributed by atoms with E-state index in [1.165, 1.54) is 32.1 Å². The van der Waals surface area contributed by atoms with Gasteiger partial charge in [-0.1, -0.05) is 76.3 Å². The van der Waals surface area contributed by atoms with Crippen LogP contribution in [0, 0.1) is 11.8 Å². The number of nitrogens with one attached hydrogen (secondary N) is 3. The third-order valence-electron chi connectivity index (χ3n) is 6.34. The van der Waals surface area contributed by atoms with Gasteiger partial charge in [-0.05, 0) is 37.2 Å². The highest BCUT2D eigenvalue weighted by Crippen LogP contribution is 2.27. The number of rotatable bonds is 13. The van der Waals surface area contributed by atoms with E-state index in [4.69, 9.17) is 0 Å². The molecule has 0 heterocycles. The summed E-state index contributed by atoms with van der Waals surface area (Å²) < 4.78 is 0. The standard InChI is InChI=1S/C27H41N3O4/c1-4-28-27(34)25(32)22(18-21-13-9-6-10-14-21)30-26(33)23(17-19(2)3)29-24(31)16-15-20-11-7-5-8-12-20/h6,9-10,13-14,19-20,22-23H,4-5,7-8,11-12,15-18H2,1-3H3,(H,28,34)(H,29,31)(H,30,33). The smallest absolute Gasteiger partial charge is 0.289 e. The van der Waals surface area contributed by atoms with E-state index in [9.17, 15) is 19.2 Å². The molecule has 2 atom stereocenters. The van der Waals surface area contributed by atoms with Crippen LogP contribution in [0.5, 0.6) is 0 Å². The van der Waals surface area contributed by atoms with Gasteiger partial charge in [-0.3, -0.25) is 19.2 Å². The Bertz CT molecular complexity index is 803. The van der Waals surface area contributed by atoms with Gasteiger partial charge in [-0.25, -0.2) is 0 Å². The number of amides is 3. The fourth-order valence-electron chi connectivity index (χ4n) is 4.52. The highest BCUT2D eigenvalue weighted by molar-refractivity contribution is 6.38. The van der Waals surface area contributed by atoms with E-state index in [0.717, 1.165) is 12.0 Å². The Labute approximate surface area is 203 Å². The minimum absolute atomic E-state index is 0.138. The molecule has 0 aromatic heterocycles. The summed E-state index contributed by atoms with van der Waals surface area (Å²) >= 11 is 0. The third kappa shape index (κ3) is 9.65. The number of Topliss-reactive ketones (excluding diaryl/α,β-unsaturated/α-hetero) is 1. The molecule has 7 nitrogen and oxygen atoms in total. The summed E-state index contributed by atoms with van der Waals surface area (Å²) in [6, 6.07) is 7.50. The predicted molar refractivity (Wildman–Crippen MR) is 133 cm³/mol. The first-order chi connectivity index (χ1) is 16.3. The first-order valence-electron chi connectivity index (χ1n) is 12.8. The fraction of sp³-hybridized carbons (Fsp3) is 0.630. The van der Waals surface area contributed by atoms with Crippen LogP contribution in [0.1, 0.15) is 77.7 Å². The largest absolute Gasteiger partial charge is 0.350 e. The van der Waals surface area contributed by atoms with E-state index in [2.05, 4.69) is 16.0 Å². The van der Waals surface area contributed by atoms with E-state index in [1.54, 1.807) is 6.92 Å². The molecule has 188 valence electrons. The van der Waals surface area contributed by atoms with Gasteiger partial charge in [-0.2, -0.15) is 0 Å². The molecule has 34 heavy (non-hydrogen) atoms. The zero-order valence-electron chi connectivity index (χ0n) is 20.9. The second-order valence-electron chi connectivity index (χ2n) is 9.77. The first-order valence-corrected chi connectivity index (χ1v) is 12.8. The third-order valence-corrected chi connectivity index (χ3v) is 6.34. The van der Waals surface area contributed by atoms with E-state index in [1.807, 2.05) is 44.2 Å². The average Bonchev–Trinajstić information content (AvgIpc) is 2.82. The molecule has 1 aliphatic rings. The van der Waals surface area contributed by atoms with Crippen molar-refractivity contribution in [1.82, 2.24) is 16.0 Å². The molecule has 1 aromatic rings. The summed E-state index contributed by atoms with van der Waals surface area (Å²) in [7, 11) is 0. The summed E-state index contributed by atoms with van der Waals surface area (Å²) in [6.07, 6.45) is 7.98. The number of ketones is 1. The van der Waals surface area contributed by atoms with Gasteiger partial charge in [0.2, 0.25) is 17.6 Å². The lowest BCUT2D eigenvalue weighted by atomic mass is 9.86. The van der Waals surface area contributed by atoms with Crippen molar-refractivity contribution in [3.05, 3.63) is 35.9 Å². The molecule has 0 saturated heterocycles. The number of hydrogen-bond donors (Lipinski definition) is 3. The van der Waals surface area contributed by atoms with E-state index in [0.29, 0.717) is 25.3 Å². The maximum atomic E-state index is 13.2. The SMILES string of the molecule is CCNC(=O)C(=O)C(Cc1ccccc1)NC(=O)C(CC(C)C)NC(=O)CCC1CCCCC1. The molecular formula is C27H41N3O4. The zero-order chi connectivity index (χ0) is 24.9. The highest BCUT2D eigenvalue weighted by Gasteiger charge is 2.30.